The highest BCUT2D eigenvalue weighted by molar-refractivity contribution is 6.09. The predicted molar refractivity (Wildman–Crippen MR) is 176 cm³/mol. The normalized spacial score (nSPS) is 14.0. The molecular weight excluding hydrogens is 540 g/mol. The maximum Gasteiger partial charge on any atom is 0.119 e. The van der Waals surface area contributed by atoms with E-state index in [0.717, 1.165) is 34.5 Å². The number of benzene rings is 5. The summed E-state index contributed by atoms with van der Waals surface area (Å²) in [6.07, 6.45) is 5.21. The summed E-state index contributed by atoms with van der Waals surface area (Å²) in [6.45, 7) is 0. The molecule has 2 aromatic heterocycles. The number of ether oxygens (including phenoxy) is 1. The first kappa shape index (κ1) is 25.7. The minimum absolute atomic E-state index is 0.0822. The van der Waals surface area contributed by atoms with Crippen molar-refractivity contribution in [3.63, 3.8) is 0 Å². The molecule has 44 heavy (non-hydrogen) atoms. The molecule has 5 aromatic carbocycles. The smallest absolute Gasteiger partial charge is 0.119 e. The summed E-state index contributed by atoms with van der Waals surface area (Å²) in [6, 6.07) is 41.9. The molecule has 1 aliphatic rings. The SMILES string of the molecule is COc1ccc2c(c1)c1c(n2-c2cc(C#N)ccc2C#N)C=CCC1c1ccc2c(c1)c1ccccc1n2-c1ccccc1. The average Bonchev–Trinajstić information content (AvgIpc) is 3.60. The largest absolute Gasteiger partial charge is 0.497 e. The molecule has 1 unspecified atom stereocenters. The van der Waals surface area contributed by atoms with Crippen molar-refractivity contribution in [1.82, 2.24) is 9.13 Å². The van der Waals surface area contributed by atoms with Gasteiger partial charge in [0.2, 0.25) is 0 Å². The quantitative estimate of drug-likeness (QED) is 0.213. The van der Waals surface area contributed by atoms with Gasteiger partial charge < -0.3 is 13.9 Å². The van der Waals surface area contributed by atoms with Crippen molar-refractivity contribution in [2.24, 2.45) is 0 Å². The van der Waals surface area contributed by atoms with Gasteiger partial charge in [0.25, 0.3) is 0 Å². The molecular formula is C39H26N4O. The van der Waals surface area contributed by atoms with Crippen molar-refractivity contribution in [2.75, 3.05) is 7.11 Å². The number of allylic oxidation sites excluding steroid dienone is 1. The van der Waals surface area contributed by atoms with Crippen LogP contribution in [0.25, 0.3) is 50.2 Å². The molecule has 0 fully saturated rings. The molecule has 0 amide bonds. The second kappa shape index (κ2) is 10.1. The van der Waals surface area contributed by atoms with Gasteiger partial charge >= 0.3 is 0 Å². The summed E-state index contributed by atoms with van der Waals surface area (Å²) in [7, 11) is 1.68. The van der Waals surface area contributed by atoms with Crippen LogP contribution < -0.4 is 4.74 Å². The van der Waals surface area contributed by atoms with Gasteiger partial charge in [0.05, 0.1) is 52.2 Å². The highest BCUT2D eigenvalue weighted by atomic mass is 16.5. The monoisotopic (exact) mass is 566 g/mol. The zero-order valence-electron chi connectivity index (χ0n) is 24.0. The lowest BCUT2D eigenvalue weighted by Crippen LogP contribution is -2.08. The Labute approximate surface area is 254 Å². The Morgan fingerprint density at radius 2 is 1.48 bits per heavy atom. The third kappa shape index (κ3) is 3.77. The number of rotatable bonds is 4. The Hall–Kier alpha value is -6.04. The molecule has 0 spiro atoms. The van der Waals surface area contributed by atoms with Crippen LogP contribution >= 0.6 is 0 Å². The van der Waals surface area contributed by atoms with Crippen LogP contribution in [0.4, 0.5) is 0 Å². The van der Waals surface area contributed by atoms with Crippen LogP contribution in [0.2, 0.25) is 0 Å². The van der Waals surface area contributed by atoms with E-state index in [2.05, 4.69) is 106 Å². The van der Waals surface area contributed by atoms with Crippen LogP contribution in [0, 0.1) is 22.7 Å². The van der Waals surface area contributed by atoms with E-state index in [1.54, 1.807) is 19.2 Å². The van der Waals surface area contributed by atoms with E-state index in [1.165, 1.54) is 32.9 Å². The molecule has 0 N–H and O–H groups in total. The van der Waals surface area contributed by atoms with E-state index in [-0.39, 0.29) is 5.92 Å². The minimum Gasteiger partial charge on any atom is -0.497 e. The van der Waals surface area contributed by atoms with Gasteiger partial charge in [0, 0.05) is 27.8 Å². The molecule has 1 aliphatic carbocycles. The van der Waals surface area contributed by atoms with Gasteiger partial charge in [-0.25, -0.2) is 0 Å². The van der Waals surface area contributed by atoms with Crippen LogP contribution in [-0.4, -0.2) is 16.2 Å². The summed E-state index contributed by atoms with van der Waals surface area (Å²) >= 11 is 0. The third-order valence-electron chi connectivity index (χ3n) is 8.85. The number of nitrogens with zero attached hydrogens (tertiary/aromatic N) is 4. The Bertz CT molecular complexity index is 2380. The van der Waals surface area contributed by atoms with E-state index < -0.39 is 0 Å². The highest BCUT2D eigenvalue weighted by Crippen LogP contribution is 2.45. The summed E-state index contributed by atoms with van der Waals surface area (Å²) in [5.41, 5.74) is 9.63. The molecule has 208 valence electrons. The van der Waals surface area contributed by atoms with Crippen LogP contribution in [0.15, 0.2) is 115 Å². The molecule has 0 saturated heterocycles. The van der Waals surface area contributed by atoms with Gasteiger partial charge in [0.15, 0.2) is 0 Å². The Balaban J connectivity index is 1.39. The molecule has 8 rings (SSSR count). The van der Waals surface area contributed by atoms with Crippen LogP contribution in [-0.2, 0) is 0 Å². The molecule has 7 aromatic rings. The van der Waals surface area contributed by atoms with Crippen molar-refractivity contribution in [1.29, 1.82) is 10.5 Å². The van der Waals surface area contributed by atoms with Crippen molar-refractivity contribution in [3.8, 4) is 29.3 Å². The van der Waals surface area contributed by atoms with Crippen molar-refractivity contribution in [2.45, 2.75) is 12.3 Å². The molecule has 0 bridgehead atoms. The number of methoxy groups -OCH3 is 1. The van der Waals surface area contributed by atoms with E-state index in [0.29, 0.717) is 16.8 Å². The first-order valence-electron chi connectivity index (χ1n) is 14.6. The van der Waals surface area contributed by atoms with Gasteiger partial charge in [-0.2, -0.15) is 10.5 Å². The summed E-state index contributed by atoms with van der Waals surface area (Å²) in [5, 5.41) is 23.3. The van der Waals surface area contributed by atoms with Crippen LogP contribution in [0.3, 0.4) is 0 Å². The predicted octanol–water partition coefficient (Wildman–Crippen LogP) is 9.03. The summed E-state index contributed by atoms with van der Waals surface area (Å²) in [5.74, 6) is 0.859. The number of nitriles is 2. The fraction of sp³-hybridized carbons (Fsp3) is 0.0769. The van der Waals surface area contributed by atoms with Crippen LogP contribution in [0.1, 0.15) is 40.3 Å². The molecule has 2 heterocycles. The van der Waals surface area contributed by atoms with Gasteiger partial charge in [-0.15, -0.1) is 0 Å². The minimum atomic E-state index is 0.0822. The number of hydrogen-bond donors (Lipinski definition) is 0. The summed E-state index contributed by atoms with van der Waals surface area (Å²) < 4.78 is 10.1. The van der Waals surface area contributed by atoms with Gasteiger partial charge in [0.1, 0.15) is 11.8 Å². The second-order valence-corrected chi connectivity index (χ2v) is 11.1. The number of hydrogen-bond acceptors (Lipinski definition) is 3. The lowest BCUT2D eigenvalue weighted by molar-refractivity contribution is 0.415. The topological polar surface area (TPSA) is 66.7 Å². The number of aromatic nitrogens is 2. The highest BCUT2D eigenvalue weighted by Gasteiger charge is 2.29. The third-order valence-corrected chi connectivity index (χ3v) is 8.85. The Morgan fingerprint density at radius 1 is 0.705 bits per heavy atom. The zero-order chi connectivity index (χ0) is 29.8. The first-order valence-corrected chi connectivity index (χ1v) is 14.6. The Morgan fingerprint density at radius 3 is 2.30 bits per heavy atom. The second-order valence-electron chi connectivity index (χ2n) is 11.1. The molecule has 0 radical (unpaired) electrons. The lowest BCUT2D eigenvalue weighted by atomic mass is 9.83. The number of fused-ring (bicyclic) bond motifs is 6. The zero-order valence-corrected chi connectivity index (χ0v) is 24.0. The van der Waals surface area contributed by atoms with Crippen molar-refractivity contribution < 1.29 is 4.74 Å². The van der Waals surface area contributed by atoms with E-state index in [9.17, 15) is 10.5 Å². The molecule has 0 saturated carbocycles. The van der Waals surface area contributed by atoms with Gasteiger partial charge in [-0.05, 0) is 90.4 Å². The molecule has 1 atom stereocenters. The standard InChI is InChI=1S/C39H26N4O/c1-44-29-17-19-36-33(22-29)39-30(11-7-13-37(39)43(36)38-20-25(23-40)14-15-27(38)24-41)26-16-18-35-32(21-26)31-10-5-6-12-34(31)42(35)28-8-3-2-4-9-28/h2-10,12-22,30H,11H2,1H3. The molecule has 5 heteroatoms. The maximum absolute atomic E-state index is 10.1. The van der Waals surface area contributed by atoms with E-state index in [1.807, 2.05) is 24.3 Å². The average molecular weight is 567 g/mol. The summed E-state index contributed by atoms with van der Waals surface area (Å²) in [4.78, 5) is 0. The van der Waals surface area contributed by atoms with E-state index in [4.69, 9.17) is 4.74 Å². The van der Waals surface area contributed by atoms with Gasteiger partial charge in [-0.3, -0.25) is 0 Å². The van der Waals surface area contributed by atoms with E-state index >= 15 is 0 Å². The Kier molecular flexibility index (Phi) is 5.86. The number of para-hydroxylation sites is 2. The van der Waals surface area contributed by atoms with Crippen molar-refractivity contribution >= 4 is 38.8 Å². The van der Waals surface area contributed by atoms with Crippen molar-refractivity contribution in [3.05, 3.63) is 143 Å². The lowest BCUT2D eigenvalue weighted by Gasteiger charge is -2.22. The first-order chi connectivity index (χ1) is 21.7. The van der Waals surface area contributed by atoms with Crippen LogP contribution in [0.5, 0.6) is 5.75 Å². The van der Waals surface area contributed by atoms with Gasteiger partial charge in [-0.1, -0.05) is 48.5 Å². The molecule has 5 nitrogen and oxygen atoms in total. The molecule has 0 aliphatic heterocycles. The fourth-order valence-corrected chi connectivity index (χ4v) is 6.91. The maximum atomic E-state index is 10.1. The fourth-order valence-electron chi connectivity index (χ4n) is 6.91.